The Morgan fingerprint density at radius 2 is 2.29 bits per heavy atom. The first-order chi connectivity index (χ1) is 8.22. The molecule has 1 aliphatic rings. The molecule has 2 aromatic heterocycles. The molecule has 0 saturated heterocycles. The summed E-state index contributed by atoms with van der Waals surface area (Å²) < 4.78 is 0. The van der Waals surface area contributed by atoms with Crippen LogP contribution in [0.4, 0.5) is 0 Å². The molecule has 6 heteroatoms. The SMILES string of the molecule is Cc1csc(Cc2nc3c(c(=O)[nH]2)CSC3)n1. The number of H-pyrrole nitrogens is 1. The Morgan fingerprint density at radius 3 is 3.06 bits per heavy atom. The summed E-state index contributed by atoms with van der Waals surface area (Å²) >= 11 is 3.35. The summed E-state index contributed by atoms with van der Waals surface area (Å²) in [5.74, 6) is 2.36. The van der Waals surface area contributed by atoms with E-state index < -0.39 is 0 Å². The monoisotopic (exact) mass is 265 g/mol. The number of thioether (sulfide) groups is 1. The van der Waals surface area contributed by atoms with Crippen molar-refractivity contribution in [3.63, 3.8) is 0 Å². The van der Waals surface area contributed by atoms with Gasteiger partial charge < -0.3 is 4.98 Å². The number of nitrogens with one attached hydrogen (secondary N) is 1. The minimum Gasteiger partial charge on any atom is -0.310 e. The van der Waals surface area contributed by atoms with E-state index in [0.29, 0.717) is 6.42 Å². The fourth-order valence-electron chi connectivity index (χ4n) is 1.82. The molecule has 0 aromatic carbocycles. The highest BCUT2D eigenvalue weighted by Crippen LogP contribution is 2.25. The molecule has 4 nitrogen and oxygen atoms in total. The number of aryl methyl sites for hydroxylation is 1. The van der Waals surface area contributed by atoms with Crippen LogP contribution in [0, 0.1) is 6.92 Å². The maximum Gasteiger partial charge on any atom is 0.255 e. The molecule has 2 aromatic rings. The molecule has 0 atom stereocenters. The molecule has 1 N–H and O–H groups in total. The minimum absolute atomic E-state index is 0.0169. The van der Waals surface area contributed by atoms with Crippen LogP contribution in [-0.4, -0.2) is 15.0 Å². The lowest BCUT2D eigenvalue weighted by molar-refractivity contribution is 0.895. The van der Waals surface area contributed by atoms with Crippen molar-refractivity contribution in [3.05, 3.63) is 43.5 Å². The summed E-state index contributed by atoms with van der Waals surface area (Å²) in [5.41, 5.74) is 2.82. The maximum absolute atomic E-state index is 11.8. The van der Waals surface area contributed by atoms with Crippen molar-refractivity contribution in [3.8, 4) is 0 Å². The van der Waals surface area contributed by atoms with Gasteiger partial charge in [-0.3, -0.25) is 4.79 Å². The lowest BCUT2D eigenvalue weighted by Crippen LogP contribution is -2.17. The van der Waals surface area contributed by atoms with Gasteiger partial charge in [-0.25, -0.2) is 9.97 Å². The van der Waals surface area contributed by atoms with Crippen LogP contribution in [0.2, 0.25) is 0 Å². The number of hydrogen-bond acceptors (Lipinski definition) is 5. The summed E-state index contributed by atoms with van der Waals surface area (Å²) in [6.45, 7) is 1.97. The van der Waals surface area contributed by atoms with Crippen LogP contribution in [0.25, 0.3) is 0 Å². The second-order valence-corrected chi connectivity index (χ2v) is 5.92. The van der Waals surface area contributed by atoms with Crippen molar-refractivity contribution < 1.29 is 0 Å². The molecule has 0 aliphatic carbocycles. The third-order valence-corrected chi connectivity index (χ3v) is 4.56. The Balaban J connectivity index is 1.94. The Hall–Kier alpha value is -1.14. The number of fused-ring (bicyclic) bond motifs is 1. The zero-order valence-electron chi connectivity index (χ0n) is 9.32. The summed E-state index contributed by atoms with van der Waals surface area (Å²) in [7, 11) is 0. The zero-order valence-corrected chi connectivity index (χ0v) is 11.0. The second kappa shape index (κ2) is 4.27. The summed E-state index contributed by atoms with van der Waals surface area (Å²) in [5, 5.41) is 3.01. The van der Waals surface area contributed by atoms with Gasteiger partial charge in [-0.2, -0.15) is 11.8 Å². The molecule has 0 saturated carbocycles. The number of thiazole rings is 1. The van der Waals surface area contributed by atoms with Crippen molar-refractivity contribution in [2.45, 2.75) is 24.9 Å². The molecule has 3 rings (SSSR count). The molecular formula is C11H11N3OS2. The van der Waals surface area contributed by atoms with Crippen molar-refractivity contribution in [2.24, 2.45) is 0 Å². The van der Waals surface area contributed by atoms with E-state index in [-0.39, 0.29) is 5.56 Å². The molecule has 0 bridgehead atoms. The van der Waals surface area contributed by atoms with Gasteiger partial charge in [0.05, 0.1) is 12.1 Å². The smallest absolute Gasteiger partial charge is 0.255 e. The van der Waals surface area contributed by atoms with Crippen molar-refractivity contribution in [1.82, 2.24) is 15.0 Å². The molecule has 88 valence electrons. The fourth-order valence-corrected chi connectivity index (χ4v) is 3.64. The van der Waals surface area contributed by atoms with E-state index in [1.165, 1.54) is 0 Å². The first kappa shape index (κ1) is 11.0. The summed E-state index contributed by atoms with van der Waals surface area (Å²) in [6, 6.07) is 0. The van der Waals surface area contributed by atoms with E-state index in [4.69, 9.17) is 0 Å². The van der Waals surface area contributed by atoms with Gasteiger partial charge in [0.1, 0.15) is 10.8 Å². The number of hydrogen-bond donors (Lipinski definition) is 1. The molecule has 0 unspecified atom stereocenters. The van der Waals surface area contributed by atoms with Crippen LogP contribution < -0.4 is 5.56 Å². The molecule has 0 amide bonds. The third-order valence-electron chi connectivity index (χ3n) is 2.62. The Kier molecular flexibility index (Phi) is 2.76. The van der Waals surface area contributed by atoms with Crippen LogP contribution in [0.15, 0.2) is 10.2 Å². The predicted molar refractivity (Wildman–Crippen MR) is 69.5 cm³/mol. The standard InChI is InChI=1S/C11H11N3OS2/c1-6-3-17-10(12-6)2-9-13-8-5-16-4-7(8)11(15)14-9/h3H,2,4-5H2,1H3,(H,13,14,15). The van der Waals surface area contributed by atoms with Crippen molar-refractivity contribution in [1.29, 1.82) is 0 Å². The molecular weight excluding hydrogens is 254 g/mol. The minimum atomic E-state index is 0.0169. The predicted octanol–water partition coefficient (Wildman–Crippen LogP) is 1.87. The zero-order chi connectivity index (χ0) is 11.8. The van der Waals surface area contributed by atoms with Crippen LogP contribution in [0.1, 0.15) is 27.8 Å². The highest BCUT2D eigenvalue weighted by atomic mass is 32.2. The van der Waals surface area contributed by atoms with Gasteiger partial charge >= 0.3 is 0 Å². The number of aromatic nitrogens is 3. The third kappa shape index (κ3) is 2.14. The van der Waals surface area contributed by atoms with Crippen molar-refractivity contribution >= 4 is 23.1 Å². The Labute approximate surface area is 107 Å². The van der Waals surface area contributed by atoms with E-state index in [2.05, 4.69) is 15.0 Å². The second-order valence-electron chi connectivity index (χ2n) is 3.99. The number of rotatable bonds is 2. The quantitative estimate of drug-likeness (QED) is 0.900. The fraction of sp³-hybridized carbons (Fsp3) is 0.364. The molecule has 17 heavy (non-hydrogen) atoms. The van der Waals surface area contributed by atoms with Gasteiger partial charge in [0.25, 0.3) is 5.56 Å². The first-order valence-corrected chi connectivity index (χ1v) is 7.35. The highest BCUT2D eigenvalue weighted by Gasteiger charge is 2.17. The van der Waals surface area contributed by atoms with Gasteiger partial charge in [-0.15, -0.1) is 11.3 Å². The van der Waals surface area contributed by atoms with Crippen LogP contribution in [0.3, 0.4) is 0 Å². The average Bonchev–Trinajstić information content (AvgIpc) is 2.87. The lowest BCUT2D eigenvalue weighted by atomic mass is 10.2. The Morgan fingerprint density at radius 1 is 1.41 bits per heavy atom. The van der Waals surface area contributed by atoms with Gasteiger partial charge in [-0.1, -0.05) is 0 Å². The van der Waals surface area contributed by atoms with E-state index in [1.807, 2.05) is 12.3 Å². The summed E-state index contributed by atoms with van der Waals surface area (Å²) in [4.78, 5) is 23.5. The maximum atomic E-state index is 11.8. The van der Waals surface area contributed by atoms with Crippen LogP contribution >= 0.6 is 23.1 Å². The first-order valence-electron chi connectivity index (χ1n) is 5.32. The van der Waals surface area contributed by atoms with Crippen molar-refractivity contribution in [2.75, 3.05) is 0 Å². The Bertz CT molecular complexity index is 617. The largest absolute Gasteiger partial charge is 0.310 e. The van der Waals surface area contributed by atoms with E-state index in [1.54, 1.807) is 23.1 Å². The molecule has 1 aliphatic heterocycles. The average molecular weight is 265 g/mol. The lowest BCUT2D eigenvalue weighted by Gasteiger charge is -2.01. The van der Waals surface area contributed by atoms with Crippen LogP contribution in [0.5, 0.6) is 0 Å². The molecule has 3 heterocycles. The molecule has 0 spiro atoms. The van der Waals surface area contributed by atoms with E-state index in [9.17, 15) is 4.79 Å². The van der Waals surface area contributed by atoms with Gasteiger partial charge in [0.15, 0.2) is 0 Å². The summed E-state index contributed by atoms with van der Waals surface area (Å²) in [6.07, 6.45) is 0.617. The number of nitrogens with zero attached hydrogens (tertiary/aromatic N) is 2. The molecule has 0 fully saturated rings. The topological polar surface area (TPSA) is 58.6 Å². The highest BCUT2D eigenvalue weighted by molar-refractivity contribution is 7.98. The normalized spacial score (nSPS) is 13.9. The van der Waals surface area contributed by atoms with E-state index >= 15 is 0 Å². The van der Waals surface area contributed by atoms with Gasteiger partial charge in [-0.05, 0) is 6.92 Å². The van der Waals surface area contributed by atoms with Crippen LogP contribution in [-0.2, 0) is 17.9 Å². The van der Waals surface area contributed by atoms with Gasteiger partial charge in [0.2, 0.25) is 0 Å². The van der Waals surface area contributed by atoms with Gasteiger partial charge in [0, 0.05) is 28.1 Å². The van der Waals surface area contributed by atoms with E-state index in [0.717, 1.165) is 39.3 Å². The molecule has 0 radical (unpaired) electrons. The number of aromatic amines is 1.